The molecule has 0 spiro atoms. The summed E-state index contributed by atoms with van der Waals surface area (Å²) in [5.74, 6) is -1.50. The second kappa shape index (κ2) is 12.2. The fourth-order valence-corrected chi connectivity index (χ4v) is 6.67. The van der Waals surface area contributed by atoms with Crippen LogP contribution in [0.5, 0.6) is 0 Å². The lowest BCUT2D eigenvalue weighted by Gasteiger charge is -2.34. The van der Waals surface area contributed by atoms with E-state index >= 15 is 4.39 Å². The Kier molecular flexibility index (Phi) is 9.03. The van der Waals surface area contributed by atoms with Crippen LogP contribution >= 0.6 is 11.6 Å². The number of halogens is 5. The molecule has 2 heterocycles. The van der Waals surface area contributed by atoms with Gasteiger partial charge in [0.15, 0.2) is 6.04 Å². The van der Waals surface area contributed by atoms with Gasteiger partial charge in [-0.25, -0.2) is 12.8 Å². The Bertz CT molecular complexity index is 1710. The summed E-state index contributed by atoms with van der Waals surface area (Å²) in [7, 11) is -2.29. The number of terminal acetylenes is 1. The van der Waals surface area contributed by atoms with Gasteiger partial charge in [0.25, 0.3) is 5.91 Å². The number of nitrogen functional groups attached to an aromatic ring is 1. The van der Waals surface area contributed by atoms with Crippen LogP contribution in [0.3, 0.4) is 0 Å². The third kappa shape index (κ3) is 6.92. The SMILES string of the molecule is C#Cc1cncc(N)c1-c1cc(Cl)c(C(=O)Nc2ccc(C(N(C)C(=O)C3CCS(=O)(=O)CC3)C(F)(F)F)cc2)cc1F. The van der Waals surface area contributed by atoms with Gasteiger partial charge in [-0.1, -0.05) is 29.7 Å². The quantitative estimate of drug-likeness (QED) is 0.282. The van der Waals surface area contributed by atoms with E-state index in [1.807, 2.05) is 0 Å². The number of nitrogens with zero attached hydrogens (tertiary/aromatic N) is 2. The molecule has 4 rings (SSSR count). The van der Waals surface area contributed by atoms with Crippen LogP contribution in [0.4, 0.5) is 28.9 Å². The number of nitrogens with one attached hydrogen (secondary N) is 1. The van der Waals surface area contributed by atoms with E-state index in [0.29, 0.717) is 4.90 Å². The normalized spacial score (nSPS) is 15.7. The largest absolute Gasteiger partial charge is 0.413 e. The molecule has 0 bridgehead atoms. The molecule has 1 fully saturated rings. The zero-order valence-corrected chi connectivity index (χ0v) is 24.2. The van der Waals surface area contributed by atoms with Crippen LogP contribution in [0.25, 0.3) is 11.1 Å². The van der Waals surface area contributed by atoms with E-state index in [9.17, 15) is 31.2 Å². The number of sulfone groups is 1. The Hall–Kier alpha value is -4.15. The molecule has 1 aliphatic heterocycles. The van der Waals surface area contributed by atoms with E-state index in [1.54, 1.807) is 0 Å². The van der Waals surface area contributed by atoms with Crippen LogP contribution in [0.2, 0.25) is 5.02 Å². The van der Waals surface area contributed by atoms with Crippen LogP contribution in [-0.2, 0) is 14.6 Å². The van der Waals surface area contributed by atoms with Gasteiger partial charge in [-0.05, 0) is 42.7 Å². The molecule has 14 heteroatoms. The number of nitrogens with two attached hydrogens (primary N) is 1. The first-order valence-corrected chi connectivity index (χ1v) is 15.0. The van der Waals surface area contributed by atoms with Gasteiger partial charge in [-0.2, -0.15) is 13.2 Å². The first-order chi connectivity index (χ1) is 20.1. The van der Waals surface area contributed by atoms with Crippen molar-refractivity contribution in [1.82, 2.24) is 9.88 Å². The molecule has 0 radical (unpaired) electrons. The first kappa shape index (κ1) is 31.8. The number of hydrogen-bond donors (Lipinski definition) is 2. The lowest BCUT2D eigenvalue weighted by molar-refractivity contribution is -0.190. The molecule has 2 aromatic carbocycles. The van der Waals surface area contributed by atoms with Gasteiger partial charge in [-0.3, -0.25) is 14.6 Å². The number of amides is 2. The minimum atomic E-state index is -4.85. The molecule has 8 nitrogen and oxygen atoms in total. The Balaban J connectivity index is 1.54. The molecule has 2 amide bonds. The molecule has 1 aromatic heterocycles. The predicted octanol–water partition coefficient (Wildman–Crippen LogP) is 5.24. The van der Waals surface area contributed by atoms with Gasteiger partial charge in [-0.15, -0.1) is 6.42 Å². The topological polar surface area (TPSA) is 122 Å². The number of rotatable bonds is 6. The number of carbonyl (C=O) groups is 2. The molecular formula is C29H25ClF4N4O4S. The molecule has 43 heavy (non-hydrogen) atoms. The van der Waals surface area contributed by atoms with Crippen molar-refractivity contribution >= 4 is 44.6 Å². The van der Waals surface area contributed by atoms with E-state index in [2.05, 4.69) is 16.2 Å². The Morgan fingerprint density at radius 2 is 1.79 bits per heavy atom. The molecule has 3 aromatic rings. The zero-order chi connectivity index (χ0) is 31.7. The predicted molar refractivity (Wildman–Crippen MR) is 154 cm³/mol. The van der Waals surface area contributed by atoms with Crippen molar-refractivity contribution in [2.24, 2.45) is 5.92 Å². The summed E-state index contributed by atoms with van der Waals surface area (Å²) in [6.07, 6.45) is 3.13. The third-order valence-electron chi connectivity index (χ3n) is 7.13. The van der Waals surface area contributed by atoms with E-state index < -0.39 is 45.6 Å². The Labute approximate surface area is 250 Å². The van der Waals surface area contributed by atoms with E-state index in [1.165, 1.54) is 30.6 Å². The third-order valence-corrected chi connectivity index (χ3v) is 9.16. The maximum Gasteiger partial charge on any atom is 0.413 e. The molecule has 0 saturated carbocycles. The average Bonchev–Trinajstić information content (AvgIpc) is 2.94. The highest BCUT2D eigenvalue weighted by atomic mass is 35.5. The summed E-state index contributed by atoms with van der Waals surface area (Å²) in [6.45, 7) is 0. The second-order valence-electron chi connectivity index (χ2n) is 10.0. The van der Waals surface area contributed by atoms with Gasteiger partial charge < -0.3 is 16.0 Å². The molecule has 1 atom stereocenters. The van der Waals surface area contributed by atoms with Crippen LogP contribution in [0, 0.1) is 24.1 Å². The molecule has 3 N–H and O–H groups in total. The molecule has 0 aliphatic carbocycles. The van der Waals surface area contributed by atoms with Gasteiger partial charge in [0.2, 0.25) is 5.91 Å². The van der Waals surface area contributed by atoms with E-state index in [4.69, 9.17) is 23.8 Å². The van der Waals surface area contributed by atoms with E-state index in [0.717, 1.165) is 25.2 Å². The van der Waals surface area contributed by atoms with Crippen molar-refractivity contribution in [3.63, 3.8) is 0 Å². The van der Waals surface area contributed by atoms with Crippen LogP contribution < -0.4 is 11.1 Å². The molecular weight excluding hydrogens is 612 g/mol. The summed E-state index contributed by atoms with van der Waals surface area (Å²) in [6, 6.07) is 4.36. The maximum atomic E-state index is 15.1. The fourth-order valence-electron chi connectivity index (χ4n) is 4.93. The highest BCUT2D eigenvalue weighted by molar-refractivity contribution is 7.91. The van der Waals surface area contributed by atoms with Crippen molar-refractivity contribution < 1.29 is 35.6 Å². The number of pyridine rings is 1. The monoisotopic (exact) mass is 636 g/mol. The van der Waals surface area contributed by atoms with Crippen molar-refractivity contribution in [1.29, 1.82) is 0 Å². The zero-order valence-electron chi connectivity index (χ0n) is 22.6. The highest BCUT2D eigenvalue weighted by Gasteiger charge is 2.46. The molecule has 1 unspecified atom stereocenters. The second-order valence-corrected chi connectivity index (χ2v) is 12.7. The lowest BCUT2D eigenvalue weighted by atomic mass is 9.98. The number of benzene rings is 2. The van der Waals surface area contributed by atoms with Crippen LogP contribution in [-0.4, -0.2) is 54.8 Å². The van der Waals surface area contributed by atoms with Crippen LogP contribution in [0.15, 0.2) is 48.8 Å². The highest BCUT2D eigenvalue weighted by Crippen LogP contribution is 2.39. The van der Waals surface area contributed by atoms with Crippen LogP contribution in [0.1, 0.15) is 40.4 Å². The fraction of sp³-hybridized carbons (Fsp3) is 0.276. The van der Waals surface area contributed by atoms with E-state index in [-0.39, 0.29) is 68.6 Å². The molecule has 1 aliphatic rings. The first-order valence-electron chi connectivity index (χ1n) is 12.8. The van der Waals surface area contributed by atoms with Crippen molar-refractivity contribution in [3.8, 4) is 23.5 Å². The maximum absolute atomic E-state index is 15.1. The van der Waals surface area contributed by atoms with Crippen molar-refractivity contribution in [3.05, 3.63) is 76.3 Å². The average molecular weight is 637 g/mol. The smallest absolute Gasteiger partial charge is 0.397 e. The van der Waals surface area contributed by atoms with Gasteiger partial charge >= 0.3 is 6.18 Å². The van der Waals surface area contributed by atoms with Gasteiger partial charge in [0.05, 0.1) is 39.5 Å². The van der Waals surface area contributed by atoms with Crippen molar-refractivity contribution in [2.45, 2.75) is 25.1 Å². The minimum Gasteiger partial charge on any atom is -0.397 e. The summed E-state index contributed by atoms with van der Waals surface area (Å²) in [5, 5.41) is 2.32. The number of hydrogen-bond acceptors (Lipinski definition) is 6. The number of alkyl halides is 3. The Morgan fingerprint density at radius 3 is 2.37 bits per heavy atom. The lowest BCUT2D eigenvalue weighted by Crippen LogP contribution is -2.44. The van der Waals surface area contributed by atoms with Gasteiger partial charge in [0.1, 0.15) is 15.7 Å². The minimum absolute atomic E-state index is 0.0494. The standard InChI is InChI=1S/C29H25ClF4N4O4S/c1-3-16-14-36-15-24(35)25(16)21-12-22(30)20(13-23(21)31)27(39)37-19-6-4-17(5-7-19)26(29(32,33)34)38(2)28(40)18-8-10-43(41,42)11-9-18/h1,4-7,12-15,18,26H,8-11,35H2,2H3,(H,37,39). The summed E-state index contributed by atoms with van der Waals surface area (Å²) in [4.78, 5) is 30.2. The number of anilines is 2. The summed E-state index contributed by atoms with van der Waals surface area (Å²) < 4.78 is 80.8. The van der Waals surface area contributed by atoms with Gasteiger partial charge in [0, 0.05) is 36.0 Å². The number of carbonyl (C=O) groups excluding carboxylic acids is 2. The Morgan fingerprint density at radius 1 is 1.16 bits per heavy atom. The molecule has 1 saturated heterocycles. The molecule has 226 valence electrons. The summed E-state index contributed by atoms with van der Waals surface area (Å²) >= 11 is 6.29. The number of aromatic nitrogens is 1. The summed E-state index contributed by atoms with van der Waals surface area (Å²) in [5.41, 5.74) is 5.91. The van der Waals surface area contributed by atoms with Crippen molar-refractivity contribution in [2.75, 3.05) is 29.6 Å².